The number of thiophene rings is 1. The number of ether oxygens (including phenoxy) is 1. The molecule has 3 aromatic rings. The second-order valence-electron chi connectivity index (χ2n) is 5.40. The van der Waals surface area contributed by atoms with Crippen LogP contribution in [-0.4, -0.2) is 21.4 Å². The van der Waals surface area contributed by atoms with Crippen molar-refractivity contribution in [1.29, 1.82) is 0 Å². The first-order valence-corrected chi connectivity index (χ1v) is 9.10. The van der Waals surface area contributed by atoms with Crippen LogP contribution < -0.4 is 10.1 Å². The van der Waals surface area contributed by atoms with Crippen LogP contribution in [-0.2, 0) is 4.79 Å². The molecule has 0 radical (unpaired) electrons. The molecular formula is C17H17N3O2S2. The van der Waals surface area contributed by atoms with E-state index in [1.807, 2.05) is 49.6 Å². The highest BCUT2D eigenvalue weighted by Gasteiger charge is 2.17. The predicted molar refractivity (Wildman–Crippen MR) is 97.9 cm³/mol. The van der Waals surface area contributed by atoms with E-state index < -0.39 is 6.10 Å². The van der Waals surface area contributed by atoms with E-state index in [2.05, 4.69) is 14.7 Å². The Hall–Kier alpha value is -2.25. The van der Waals surface area contributed by atoms with Crippen molar-refractivity contribution in [2.75, 3.05) is 5.32 Å². The zero-order valence-corrected chi connectivity index (χ0v) is 15.2. The van der Waals surface area contributed by atoms with Crippen LogP contribution in [0.5, 0.6) is 5.75 Å². The van der Waals surface area contributed by atoms with Crippen LogP contribution in [0.4, 0.5) is 5.13 Å². The fraction of sp³-hybridized carbons (Fsp3) is 0.235. The third-order valence-corrected chi connectivity index (χ3v) is 5.05. The molecule has 0 spiro atoms. The summed E-state index contributed by atoms with van der Waals surface area (Å²) in [6.45, 7) is 5.77. The lowest BCUT2D eigenvalue weighted by atomic mass is 10.1. The van der Waals surface area contributed by atoms with Crippen molar-refractivity contribution >= 4 is 33.9 Å². The molecule has 0 aliphatic heterocycles. The van der Waals surface area contributed by atoms with Crippen LogP contribution >= 0.6 is 22.9 Å². The quantitative estimate of drug-likeness (QED) is 0.738. The molecular weight excluding hydrogens is 342 g/mol. The van der Waals surface area contributed by atoms with E-state index in [9.17, 15) is 4.79 Å². The molecule has 24 heavy (non-hydrogen) atoms. The minimum Gasteiger partial charge on any atom is -0.481 e. The number of nitrogens with one attached hydrogen (secondary N) is 1. The number of hydrogen-bond donors (Lipinski definition) is 1. The number of nitrogens with zero attached hydrogens (tertiary/aromatic N) is 2. The molecule has 124 valence electrons. The van der Waals surface area contributed by atoms with E-state index in [1.165, 1.54) is 5.56 Å². The molecule has 0 fully saturated rings. The molecule has 0 aliphatic carbocycles. The van der Waals surface area contributed by atoms with Crippen LogP contribution in [0.15, 0.2) is 35.7 Å². The summed E-state index contributed by atoms with van der Waals surface area (Å²) in [5, 5.41) is 5.19. The normalized spacial score (nSPS) is 12.0. The molecule has 0 saturated heterocycles. The number of anilines is 1. The Kier molecular flexibility index (Phi) is 4.92. The maximum Gasteiger partial charge on any atom is 0.266 e. The number of hydrogen-bond acceptors (Lipinski definition) is 6. The number of carbonyl (C=O) groups excluding carboxylic acids is 1. The third-order valence-electron chi connectivity index (χ3n) is 3.56. The second-order valence-corrected chi connectivity index (χ2v) is 7.10. The minimum absolute atomic E-state index is 0.248. The Morgan fingerprint density at radius 2 is 2.08 bits per heavy atom. The van der Waals surface area contributed by atoms with Gasteiger partial charge in [0.15, 0.2) is 11.9 Å². The highest BCUT2D eigenvalue weighted by atomic mass is 32.1. The van der Waals surface area contributed by atoms with Gasteiger partial charge in [-0.25, -0.2) is 0 Å². The fourth-order valence-corrected chi connectivity index (χ4v) is 3.33. The van der Waals surface area contributed by atoms with Crippen molar-refractivity contribution in [3.8, 4) is 16.5 Å². The Labute approximate surface area is 148 Å². The smallest absolute Gasteiger partial charge is 0.266 e. The van der Waals surface area contributed by atoms with E-state index in [0.29, 0.717) is 16.7 Å². The van der Waals surface area contributed by atoms with Gasteiger partial charge in [0.1, 0.15) is 5.75 Å². The lowest BCUT2D eigenvalue weighted by molar-refractivity contribution is -0.122. The van der Waals surface area contributed by atoms with Crippen molar-refractivity contribution in [3.63, 3.8) is 0 Å². The van der Waals surface area contributed by atoms with Crippen molar-refractivity contribution in [2.24, 2.45) is 0 Å². The largest absolute Gasteiger partial charge is 0.481 e. The van der Waals surface area contributed by atoms with Gasteiger partial charge >= 0.3 is 0 Å². The summed E-state index contributed by atoms with van der Waals surface area (Å²) in [5.41, 5.74) is 2.32. The first-order chi connectivity index (χ1) is 11.5. The van der Waals surface area contributed by atoms with Crippen molar-refractivity contribution in [1.82, 2.24) is 9.36 Å². The van der Waals surface area contributed by atoms with Gasteiger partial charge in [-0.2, -0.15) is 9.36 Å². The average molecular weight is 359 g/mol. The highest BCUT2D eigenvalue weighted by Crippen LogP contribution is 2.25. The van der Waals surface area contributed by atoms with Gasteiger partial charge in [0.05, 0.1) is 4.88 Å². The molecule has 0 unspecified atom stereocenters. The van der Waals surface area contributed by atoms with Gasteiger partial charge in [0.2, 0.25) is 5.13 Å². The number of rotatable bonds is 5. The first-order valence-electron chi connectivity index (χ1n) is 7.45. The van der Waals surface area contributed by atoms with Crippen LogP contribution in [0.25, 0.3) is 10.7 Å². The molecule has 5 nitrogen and oxygen atoms in total. The molecule has 2 aromatic heterocycles. The molecule has 0 bridgehead atoms. The van der Waals surface area contributed by atoms with Crippen molar-refractivity contribution in [3.05, 3.63) is 46.8 Å². The number of benzene rings is 1. The van der Waals surface area contributed by atoms with Crippen LogP contribution in [0.3, 0.4) is 0 Å². The van der Waals surface area contributed by atoms with Gasteiger partial charge in [-0.05, 0) is 55.5 Å². The van der Waals surface area contributed by atoms with E-state index in [1.54, 1.807) is 18.3 Å². The average Bonchev–Trinajstić information content (AvgIpc) is 3.21. The van der Waals surface area contributed by atoms with Crippen LogP contribution in [0.1, 0.15) is 18.1 Å². The molecule has 1 amide bonds. The maximum absolute atomic E-state index is 12.3. The summed E-state index contributed by atoms with van der Waals surface area (Å²) in [5.74, 6) is 1.06. The van der Waals surface area contributed by atoms with Crippen LogP contribution in [0, 0.1) is 13.8 Å². The molecule has 1 N–H and O–H groups in total. The van der Waals surface area contributed by atoms with Crippen molar-refractivity contribution in [2.45, 2.75) is 26.9 Å². The third kappa shape index (κ3) is 3.80. The SMILES string of the molecule is Cc1ccc(O[C@H](C)C(=O)Nc2nc(-c3cccs3)ns2)cc1C. The minimum atomic E-state index is -0.624. The number of aromatic nitrogens is 2. The molecule has 2 heterocycles. The topological polar surface area (TPSA) is 64.1 Å². The summed E-state index contributed by atoms with van der Waals surface area (Å²) < 4.78 is 9.97. The van der Waals surface area contributed by atoms with Gasteiger partial charge in [-0.1, -0.05) is 12.1 Å². The van der Waals surface area contributed by atoms with E-state index in [0.717, 1.165) is 22.0 Å². The Morgan fingerprint density at radius 3 is 2.79 bits per heavy atom. The highest BCUT2D eigenvalue weighted by molar-refractivity contribution is 7.14. The molecule has 0 aliphatic rings. The van der Waals surface area contributed by atoms with E-state index in [4.69, 9.17) is 4.74 Å². The lowest BCUT2D eigenvalue weighted by Gasteiger charge is -2.14. The number of carbonyl (C=O) groups is 1. The summed E-state index contributed by atoms with van der Waals surface area (Å²) >= 11 is 2.73. The predicted octanol–water partition coefficient (Wildman–Crippen LogP) is 4.29. The van der Waals surface area contributed by atoms with Crippen LogP contribution in [0.2, 0.25) is 0 Å². The van der Waals surface area contributed by atoms with Gasteiger partial charge in [0, 0.05) is 11.5 Å². The molecule has 1 atom stereocenters. The van der Waals surface area contributed by atoms with E-state index >= 15 is 0 Å². The summed E-state index contributed by atoms with van der Waals surface area (Å²) in [7, 11) is 0. The molecule has 0 saturated carbocycles. The van der Waals surface area contributed by atoms with Gasteiger partial charge in [-0.15, -0.1) is 11.3 Å². The zero-order chi connectivity index (χ0) is 17.1. The second kappa shape index (κ2) is 7.11. The molecule has 7 heteroatoms. The monoisotopic (exact) mass is 359 g/mol. The summed E-state index contributed by atoms with van der Waals surface area (Å²) in [4.78, 5) is 17.6. The lowest BCUT2D eigenvalue weighted by Crippen LogP contribution is -2.30. The molecule has 3 rings (SSSR count). The zero-order valence-electron chi connectivity index (χ0n) is 13.6. The standard InChI is InChI=1S/C17H17N3O2S2/c1-10-6-7-13(9-11(10)2)22-12(3)16(21)19-17-18-15(20-24-17)14-5-4-8-23-14/h4-9,12H,1-3H3,(H,18,19,20,21)/t12-/m1/s1. The first kappa shape index (κ1) is 16.6. The summed E-state index contributed by atoms with van der Waals surface area (Å²) in [6, 6.07) is 9.67. The Morgan fingerprint density at radius 1 is 1.25 bits per heavy atom. The van der Waals surface area contributed by atoms with Gasteiger partial charge < -0.3 is 4.74 Å². The summed E-state index contributed by atoms with van der Waals surface area (Å²) in [6.07, 6.45) is -0.624. The van der Waals surface area contributed by atoms with Gasteiger partial charge in [-0.3, -0.25) is 10.1 Å². The maximum atomic E-state index is 12.3. The van der Waals surface area contributed by atoms with Crippen molar-refractivity contribution < 1.29 is 9.53 Å². The van der Waals surface area contributed by atoms with Gasteiger partial charge in [0.25, 0.3) is 5.91 Å². The Bertz CT molecular complexity index is 843. The molecule has 1 aromatic carbocycles. The number of aryl methyl sites for hydroxylation is 2. The fourth-order valence-electron chi connectivity index (χ4n) is 2.03. The van der Waals surface area contributed by atoms with E-state index in [-0.39, 0.29) is 5.91 Å². The number of amides is 1. The Balaban J connectivity index is 1.63.